The Bertz CT molecular complexity index is 1820. The number of non-ortho nitro benzene ring substituents is 1. The van der Waals surface area contributed by atoms with Gasteiger partial charge in [0.2, 0.25) is 0 Å². The van der Waals surface area contributed by atoms with Crippen molar-refractivity contribution in [1.82, 2.24) is 0 Å². The number of nitro benzene ring substituents is 1. The molecule has 0 aromatic heterocycles. The number of sulfonamides is 1. The Morgan fingerprint density at radius 1 is 0.848 bits per heavy atom. The Hall–Kier alpha value is -4.31. The number of fused-ring (bicyclic) bond motifs is 1. The SMILES string of the molecule is CCC(C)(C)c1ccc(OCCCCNc2cc(NS(=O)(=O)c3cccc([N+](=O)[O-])c3)c3ccccc3c2O)c(C(C)(C)CC)c1. The summed E-state index contributed by atoms with van der Waals surface area (Å²) in [4.78, 5) is 10.3. The summed E-state index contributed by atoms with van der Waals surface area (Å²) in [7, 11) is -4.16. The number of rotatable bonds is 15. The zero-order valence-corrected chi connectivity index (χ0v) is 28.3. The zero-order chi connectivity index (χ0) is 33.7. The van der Waals surface area contributed by atoms with Crippen molar-refractivity contribution < 1.29 is 23.2 Å². The summed E-state index contributed by atoms with van der Waals surface area (Å²) in [5.74, 6) is 0.912. The lowest BCUT2D eigenvalue weighted by Gasteiger charge is -2.30. The molecule has 0 spiro atoms. The summed E-state index contributed by atoms with van der Waals surface area (Å²) in [5, 5.41) is 26.4. The van der Waals surface area contributed by atoms with Crippen LogP contribution in [0, 0.1) is 10.1 Å². The molecule has 0 radical (unpaired) electrons. The quantitative estimate of drug-likeness (QED) is 0.0386. The molecule has 4 aromatic carbocycles. The Morgan fingerprint density at radius 3 is 2.22 bits per heavy atom. The fraction of sp³-hybridized carbons (Fsp3) is 0.389. The van der Waals surface area contributed by atoms with Gasteiger partial charge in [0.25, 0.3) is 15.7 Å². The molecule has 0 unspecified atom stereocenters. The first-order valence-corrected chi connectivity index (χ1v) is 17.2. The van der Waals surface area contributed by atoms with E-state index in [0.717, 1.165) is 37.5 Å². The van der Waals surface area contributed by atoms with Crippen LogP contribution in [0.1, 0.15) is 78.4 Å². The summed E-state index contributed by atoms with van der Waals surface area (Å²) >= 11 is 0. The topological polar surface area (TPSA) is 131 Å². The standard InChI is InChI=1S/C36H45N3O6S/c1-7-35(3,4)25-18-19-33(30(22-25)36(5,6)8-2)45-21-12-11-20-37-32-24-31(28-16-9-10-17-29(28)34(32)40)38-46(43,44)27-15-13-14-26(23-27)39(41)42/h9-10,13-19,22-24,37-38,40H,7-8,11-12,20-21H2,1-6H3. The maximum atomic E-state index is 13.2. The number of hydrogen-bond acceptors (Lipinski definition) is 7. The molecule has 0 aliphatic carbocycles. The molecule has 0 aliphatic rings. The molecule has 3 N–H and O–H groups in total. The highest BCUT2D eigenvalue weighted by Gasteiger charge is 2.27. The van der Waals surface area contributed by atoms with E-state index in [9.17, 15) is 23.6 Å². The number of nitrogens with one attached hydrogen (secondary N) is 2. The van der Waals surface area contributed by atoms with Gasteiger partial charge in [0.05, 0.1) is 27.8 Å². The smallest absolute Gasteiger partial charge is 0.270 e. The number of phenolic OH excluding ortho intramolecular Hbond substituents is 1. The number of nitro groups is 1. The third kappa shape index (κ3) is 7.73. The van der Waals surface area contributed by atoms with Crippen LogP contribution in [0.4, 0.5) is 17.1 Å². The van der Waals surface area contributed by atoms with Crippen LogP contribution in [0.15, 0.2) is 77.7 Å². The van der Waals surface area contributed by atoms with E-state index in [-0.39, 0.29) is 32.8 Å². The van der Waals surface area contributed by atoms with Crippen LogP contribution in [0.2, 0.25) is 0 Å². The number of ether oxygens (including phenoxy) is 1. The van der Waals surface area contributed by atoms with Crippen molar-refractivity contribution in [1.29, 1.82) is 0 Å². The van der Waals surface area contributed by atoms with E-state index >= 15 is 0 Å². The van der Waals surface area contributed by atoms with Crippen molar-refractivity contribution in [3.63, 3.8) is 0 Å². The number of hydrogen-bond donors (Lipinski definition) is 3. The molecule has 0 aliphatic heterocycles. The summed E-state index contributed by atoms with van der Waals surface area (Å²) in [6.45, 7) is 14.5. The van der Waals surface area contributed by atoms with Crippen LogP contribution in [-0.4, -0.2) is 31.6 Å². The summed E-state index contributed by atoms with van der Waals surface area (Å²) < 4.78 is 35.3. The predicted molar refractivity (Wildman–Crippen MR) is 186 cm³/mol. The Labute approximate surface area is 272 Å². The lowest BCUT2D eigenvalue weighted by Crippen LogP contribution is -2.21. The number of unbranched alkanes of at least 4 members (excludes halogenated alkanes) is 1. The van der Waals surface area contributed by atoms with E-state index < -0.39 is 14.9 Å². The Morgan fingerprint density at radius 2 is 1.54 bits per heavy atom. The molecule has 0 fully saturated rings. The van der Waals surface area contributed by atoms with E-state index in [2.05, 4.69) is 69.8 Å². The first-order chi connectivity index (χ1) is 21.7. The lowest BCUT2D eigenvalue weighted by atomic mass is 9.76. The molecule has 4 aromatic rings. The van der Waals surface area contributed by atoms with E-state index in [1.54, 1.807) is 30.3 Å². The van der Waals surface area contributed by atoms with Gasteiger partial charge in [-0.1, -0.05) is 84.0 Å². The second-order valence-corrected chi connectivity index (χ2v) is 14.6. The van der Waals surface area contributed by atoms with E-state index in [0.29, 0.717) is 29.6 Å². The summed E-state index contributed by atoms with van der Waals surface area (Å²) in [6, 6.07) is 19.9. The van der Waals surface area contributed by atoms with Crippen LogP contribution in [-0.2, 0) is 20.9 Å². The van der Waals surface area contributed by atoms with Crippen molar-refractivity contribution in [2.75, 3.05) is 23.2 Å². The third-order valence-corrected chi connectivity index (χ3v) is 10.4. The van der Waals surface area contributed by atoms with Gasteiger partial charge in [-0.05, 0) is 60.3 Å². The fourth-order valence-corrected chi connectivity index (χ4v) is 6.29. The molecule has 9 nitrogen and oxygen atoms in total. The molecule has 0 atom stereocenters. The minimum Gasteiger partial charge on any atom is -0.505 e. The average Bonchev–Trinajstić information content (AvgIpc) is 3.04. The second kappa shape index (κ2) is 14.0. The Balaban J connectivity index is 1.45. The number of aromatic hydroxyl groups is 1. The molecule has 0 saturated heterocycles. The monoisotopic (exact) mass is 647 g/mol. The molecule has 0 heterocycles. The van der Waals surface area contributed by atoms with Gasteiger partial charge in [-0.3, -0.25) is 14.8 Å². The van der Waals surface area contributed by atoms with Crippen LogP contribution < -0.4 is 14.8 Å². The number of nitrogens with zero attached hydrogens (tertiary/aromatic N) is 1. The van der Waals surface area contributed by atoms with Crippen LogP contribution in [0.3, 0.4) is 0 Å². The summed E-state index contributed by atoms with van der Waals surface area (Å²) in [5.41, 5.74) is 2.87. The van der Waals surface area contributed by atoms with Crippen molar-refractivity contribution in [2.24, 2.45) is 0 Å². The van der Waals surface area contributed by atoms with Gasteiger partial charge in [-0.25, -0.2) is 8.42 Å². The number of benzene rings is 4. The van der Waals surface area contributed by atoms with Crippen molar-refractivity contribution in [3.8, 4) is 11.5 Å². The number of anilines is 2. The van der Waals surface area contributed by atoms with Gasteiger partial charge >= 0.3 is 0 Å². The van der Waals surface area contributed by atoms with Crippen LogP contribution in [0.25, 0.3) is 10.8 Å². The van der Waals surface area contributed by atoms with Crippen LogP contribution >= 0.6 is 0 Å². The van der Waals surface area contributed by atoms with Gasteiger partial charge in [0.1, 0.15) is 11.5 Å². The maximum absolute atomic E-state index is 13.2. The molecule has 10 heteroatoms. The highest BCUT2D eigenvalue weighted by atomic mass is 32.2. The maximum Gasteiger partial charge on any atom is 0.270 e. The van der Waals surface area contributed by atoms with E-state index in [4.69, 9.17) is 4.74 Å². The van der Waals surface area contributed by atoms with Gasteiger partial charge in [0, 0.05) is 35.0 Å². The van der Waals surface area contributed by atoms with Crippen LogP contribution in [0.5, 0.6) is 11.5 Å². The fourth-order valence-electron chi connectivity index (χ4n) is 5.18. The highest BCUT2D eigenvalue weighted by Crippen LogP contribution is 2.40. The molecule has 4 rings (SSSR count). The summed E-state index contributed by atoms with van der Waals surface area (Å²) in [6.07, 6.45) is 3.54. The lowest BCUT2D eigenvalue weighted by molar-refractivity contribution is -0.385. The molecular formula is C36H45N3O6S. The normalized spacial score (nSPS) is 12.2. The molecule has 0 saturated carbocycles. The van der Waals surface area contributed by atoms with Crippen molar-refractivity contribution in [3.05, 3.63) is 94.0 Å². The first-order valence-electron chi connectivity index (χ1n) is 15.7. The van der Waals surface area contributed by atoms with Crippen molar-refractivity contribution >= 4 is 37.9 Å². The highest BCUT2D eigenvalue weighted by molar-refractivity contribution is 7.92. The molecule has 0 amide bonds. The van der Waals surface area contributed by atoms with Gasteiger partial charge in [0.15, 0.2) is 0 Å². The third-order valence-electron chi connectivity index (χ3n) is 9.00. The molecule has 246 valence electrons. The second-order valence-electron chi connectivity index (χ2n) is 12.9. The number of phenols is 1. The molecular weight excluding hydrogens is 602 g/mol. The van der Waals surface area contributed by atoms with Crippen molar-refractivity contribution in [2.45, 2.75) is 83.0 Å². The minimum atomic E-state index is -4.16. The Kier molecular flexibility index (Phi) is 10.5. The van der Waals surface area contributed by atoms with E-state index in [1.165, 1.54) is 29.3 Å². The minimum absolute atomic E-state index is 0.00618. The predicted octanol–water partition coefficient (Wildman–Crippen LogP) is 8.90. The van der Waals surface area contributed by atoms with E-state index in [1.807, 2.05) is 0 Å². The largest absolute Gasteiger partial charge is 0.505 e. The molecule has 46 heavy (non-hydrogen) atoms. The first kappa shape index (κ1) is 34.6. The van der Waals surface area contributed by atoms with Gasteiger partial charge < -0.3 is 15.2 Å². The van der Waals surface area contributed by atoms with Gasteiger partial charge in [-0.2, -0.15) is 0 Å². The zero-order valence-electron chi connectivity index (χ0n) is 27.5. The average molecular weight is 648 g/mol. The van der Waals surface area contributed by atoms with Gasteiger partial charge in [-0.15, -0.1) is 0 Å². The molecule has 0 bridgehead atoms.